The molecule has 1 aromatic carbocycles. The van der Waals surface area contributed by atoms with Gasteiger partial charge < -0.3 is 0 Å². The number of rotatable bonds is 3. The summed E-state index contributed by atoms with van der Waals surface area (Å²) in [6.07, 6.45) is 0. The summed E-state index contributed by atoms with van der Waals surface area (Å²) in [6, 6.07) is 8.45. The van der Waals surface area contributed by atoms with E-state index in [1.807, 2.05) is 0 Å². The van der Waals surface area contributed by atoms with E-state index in [0.717, 1.165) is 6.54 Å². The van der Waals surface area contributed by atoms with Crippen molar-refractivity contribution >= 4 is 9.59 Å². The van der Waals surface area contributed by atoms with E-state index >= 15 is 0 Å². The fourth-order valence-electron chi connectivity index (χ4n) is 1.13. The zero-order valence-corrected chi connectivity index (χ0v) is 10.4. The van der Waals surface area contributed by atoms with Crippen LogP contribution >= 0.6 is 0 Å². The molecule has 0 heterocycles. The van der Waals surface area contributed by atoms with Crippen LogP contribution < -0.4 is 5.32 Å². The molecule has 0 unspecified atom stereocenters. The quantitative estimate of drug-likeness (QED) is 0.896. The van der Waals surface area contributed by atoms with E-state index in [0.29, 0.717) is 0 Å². The fourth-order valence-corrected chi connectivity index (χ4v) is 1.77. The van der Waals surface area contributed by atoms with Crippen molar-refractivity contribution in [1.29, 1.82) is 0 Å². The van der Waals surface area contributed by atoms with Gasteiger partial charge in [-0.1, -0.05) is 0 Å². The second-order valence-corrected chi connectivity index (χ2v) is 4.83. The number of para-hydroxylation sites is 1. The molecule has 64 valence electrons. The van der Waals surface area contributed by atoms with E-state index < -0.39 is 0 Å². The molecule has 0 aliphatic carbocycles. The average molecular weight is 331 g/mol. The molecule has 0 aliphatic rings. The minimum absolute atomic E-state index is 0.986. The predicted octanol–water partition coefficient (Wildman–Crippen LogP) is 2.21. The molecular formula is C10H13NW. The van der Waals surface area contributed by atoms with Crippen LogP contribution in [0.15, 0.2) is 24.3 Å². The first kappa shape index (κ1) is 9.66. The van der Waals surface area contributed by atoms with Gasteiger partial charge in [0.15, 0.2) is 0 Å². The Kier molecular flexibility index (Phi) is 3.68. The van der Waals surface area contributed by atoms with Crippen molar-refractivity contribution in [3.8, 4) is 0 Å². The third kappa shape index (κ3) is 2.28. The molecule has 2 heteroatoms. The Morgan fingerprint density at radius 3 is 2.67 bits per heavy atom. The summed E-state index contributed by atoms with van der Waals surface area (Å²) in [5.41, 5.74) is 2.61. The number of nitrogens with one attached hydrogen (secondary N) is 1. The molecular weight excluding hydrogens is 318 g/mol. The molecule has 0 fully saturated rings. The predicted molar refractivity (Wildman–Crippen MR) is 50.4 cm³/mol. The van der Waals surface area contributed by atoms with E-state index in [-0.39, 0.29) is 0 Å². The average Bonchev–Trinajstić information content (AvgIpc) is 2.05. The minimum atomic E-state index is 0.986. The van der Waals surface area contributed by atoms with Crippen molar-refractivity contribution in [2.24, 2.45) is 0 Å². The summed E-state index contributed by atoms with van der Waals surface area (Å²) < 4.78 is 1.44. The van der Waals surface area contributed by atoms with Crippen molar-refractivity contribution in [3.05, 3.63) is 29.8 Å². The van der Waals surface area contributed by atoms with Crippen molar-refractivity contribution < 1.29 is 19.4 Å². The van der Waals surface area contributed by atoms with E-state index in [2.05, 4.69) is 43.4 Å². The Hall–Kier alpha value is -0.422. The van der Waals surface area contributed by atoms with Gasteiger partial charge in [-0.3, -0.25) is 0 Å². The molecule has 1 aromatic rings. The molecule has 0 aliphatic heterocycles. The van der Waals surface area contributed by atoms with Crippen LogP contribution in [0.25, 0.3) is 0 Å². The molecule has 1 N–H and O–H groups in total. The van der Waals surface area contributed by atoms with Crippen LogP contribution in [0.3, 0.4) is 0 Å². The zero-order valence-electron chi connectivity index (χ0n) is 7.42. The number of hydrogen-bond donors (Lipinski definition) is 1. The molecule has 0 saturated carbocycles. The van der Waals surface area contributed by atoms with Gasteiger partial charge in [0.2, 0.25) is 0 Å². The molecule has 0 spiro atoms. The van der Waals surface area contributed by atoms with Crippen LogP contribution in [0.5, 0.6) is 0 Å². The fraction of sp³-hybridized carbons (Fsp3) is 0.300. The molecule has 12 heavy (non-hydrogen) atoms. The van der Waals surface area contributed by atoms with Gasteiger partial charge in [0.05, 0.1) is 0 Å². The van der Waals surface area contributed by atoms with Gasteiger partial charge in [-0.05, 0) is 0 Å². The third-order valence-electron chi connectivity index (χ3n) is 1.67. The van der Waals surface area contributed by atoms with Crippen LogP contribution in [0.1, 0.15) is 19.4 Å². The van der Waals surface area contributed by atoms with E-state index in [1.165, 1.54) is 34.5 Å². The molecule has 0 aromatic heterocycles. The Bertz CT molecular complexity index is 281. The van der Waals surface area contributed by atoms with Crippen molar-refractivity contribution in [2.75, 3.05) is 11.9 Å². The molecule has 0 saturated heterocycles. The normalized spacial score (nSPS) is 9.50. The van der Waals surface area contributed by atoms with E-state index in [4.69, 9.17) is 0 Å². The van der Waals surface area contributed by atoms with Gasteiger partial charge >= 0.3 is 84.5 Å². The van der Waals surface area contributed by atoms with Gasteiger partial charge in [-0.15, -0.1) is 0 Å². The van der Waals surface area contributed by atoms with Crippen LogP contribution in [0, 0.1) is 0 Å². The summed E-state index contributed by atoms with van der Waals surface area (Å²) in [6.45, 7) is 5.28. The van der Waals surface area contributed by atoms with Gasteiger partial charge in [0.25, 0.3) is 0 Å². The molecule has 0 radical (unpaired) electrons. The van der Waals surface area contributed by atoms with E-state index in [9.17, 15) is 0 Å². The second-order valence-electron chi connectivity index (χ2n) is 2.63. The number of anilines is 1. The maximum absolute atomic E-state index is 3.35. The van der Waals surface area contributed by atoms with Gasteiger partial charge in [-0.2, -0.15) is 0 Å². The standard InChI is InChI=1S/C10H13N.W/c1-3-9-7-5-6-8-10(9)11-4-2;/h5-8,11H,4H2,1-2H3;. The Morgan fingerprint density at radius 2 is 2.08 bits per heavy atom. The van der Waals surface area contributed by atoms with Crippen LogP contribution in [-0.4, -0.2) is 10.4 Å². The summed E-state index contributed by atoms with van der Waals surface area (Å²) in [7, 11) is 0. The summed E-state index contributed by atoms with van der Waals surface area (Å²) in [4.78, 5) is 0. The first-order chi connectivity index (χ1) is 5.75. The topological polar surface area (TPSA) is 12.0 Å². The van der Waals surface area contributed by atoms with Crippen molar-refractivity contribution in [1.82, 2.24) is 0 Å². The van der Waals surface area contributed by atoms with Crippen molar-refractivity contribution in [2.45, 2.75) is 13.8 Å². The molecule has 0 bridgehead atoms. The van der Waals surface area contributed by atoms with Crippen molar-refractivity contribution in [3.63, 3.8) is 0 Å². The SMILES string of the molecule is CCNc1ccccc1[C](C)=[W]. The van der Waals surface area contributed by atoms with Gasteiger partial charge in [-0.25, -0.2) is 0 Å². The Morgan fingerprint density at radius 1 is 1.42 bits per heavy atom. The monoisotopic (exact) mass is 331 g/mol. The number of hydrogen-bond acceptors (Lipinski definition) is 1. The Labute approximate surface area is 84.6 Å². The summed E-state index contributed by atoms with van der Waals surface area (Å²) in [5.74, 6) is 0. The van der Waals surface area contributed by atoms with Gasteiger partial charge in [0.1, 0.15) is 0 Å². The molecule has 0 atom stereocenters. The van der Waals surface area contributed by atoms with E-state index in [1.54, 1.807) is 0 Å². The van der Waals surface area contributed by atoms with Crippen LogP contribution in [-0.2, 0) is 19.4 Å². The maximum atomic E-state index is 3.35. The molecule has 1 rings (SSSR count). The Balaban J connectivity index is 3.00. The third-order valence-corrected chi connectivity index (χ3v) is 2.46. The van der Waals surface area contributed by atoms with Crippen LogP contribution in [0.2, 0.25) is 0 Å². The molecule has 1 nitrogen and oxygen atoms in total. The number of benzene rings is 1. The first-order valence-electron chi connectivity index (χ1n) is 4.09. The van der Waals surface area contributed by atoms with Gasteiger partial charge in [0, 0.05) is 0 Å². The molecule has 0 amide bonds. The second kappa shape index (κ2) is 4.57. The summed E-state index contributed by atoms with van der Waals surface area (Å²) >= 11 is 1.54. The first-order valence-corrected chi connectivity index (χ1v) is 5.56. The summed E-state index contributed by atoms with van der Waals surface area (Å²) in [5, 5.41) is 3.35. The van der Waals surface area contributed by atoms with Crippen LogP contribution in [0.4, 0.5) is 5.69 Å². The zero-order chi connectivity index (χ0) is 8.97.